The van der Waals surface area contributed by atoms with Gasteiger partial charge in [0.25, 0.3) is 5.22 Å². The van der Waals surface area contributed by atoms with Gasteiger partial charge < -0.3 is 14.1 Å². The molecule has 0 N–H and O–H groups in total. The molecule has 0 saturated carbocycles. The van der Waals surface area contributed by atoms with Crippen LogP contribution < -0.4 is 4.74 Å². The molecule has 1 aromatic carbocycles. The molecule has 0 bridgehead atoms. The second-order valence-corrected chi connectivity index (χ2v) is 6.29. The van der Waals surface area contributed by atoms with Crippen molar-refractivity contribution in [1.29, 1.82) is 0 Å². The molecule has 3 rings (SSSR count). The van der Waals surface area contributed by atoms with Gasteiger partial charge in [-0.2, -0.15) is 0 Å². The van der Waals surface area contributed by atoms with Gasteiger partial charge in [0.2, 0.25) is 11.8 Å². The van der Waals surface area contributed by atoms with Gasteiger partial charge in [-0.05, 0) is 25.0 Å². The first kappa shape index (κ1) is 15.9. The highest BCUT2D eigenvalue weighted by Gasteiger charge is 2.22. The van der Waals surface area contributed by atoms with E-state index in [0.29, 0.717) is 30.7 Å². The Morgan fingerprint density at radius 2 is 2.13 bits per heavy atom. The summed E-state index contributed by atoms with van der Waals surface area (Å²) in [7, 11) is 0. The summed E-state index contributed by atoms with van der Waals surface area (Å²) in [6.45, 7) is 1.85. The lowest BCUT2D eigenvalue weighted by atomic mass is 10.3. The highest BCUT2D eigenvalue weighted by atomic mass is 32.2. The van der Waals surface area contributed by atoms with Crippen LogP contribution in [0, 0.1) is 0 Å². The molecular weight excluding hydrogens is 314 g/mol. The van der Waals surface area contributed by atoms with Crippen LogP contribution in [0.15, 0.2) is 40.0 Å². The Bertz CT molecular complexity index is 633. The van der Waals surface area contributed by atoms with Gasteiger partial charge in [-0.3, -0.25) is 4.79 Å². The Morgan fingerprint density at radius 1 is 1.26 bits per heavy atom. The summed E-state index contributed by atoms with van der Waals surface area (Å²) in [5, 5.41) is 8.55. The number of amides is 1. The summed E-state index contributed by atoms with van der Waals surface area (Å²) in [4.78, 5) is 13.3. The zero-order chi connectivity index (χ0) is 15.9. The minimum absolute atomic E-state index is 0.162. The van der Waals surface area contributed by atoms with Crippen molar-refractivity contribution in [2.45, 2.75) is 31.0 Å². The molecule has 2 aromatic rings. The third-order valence-corrected chi connectivity index (χ3v) is 4.38. The predicted octanol–water partition coefficient (Wildman–Crippen LogP) is 2.75. The van der Waals surface area contributed by atoms with Gasteiger partial charge in [0, 0.05) is 18.7 Å². The summed E-state index contributed by atoms with van der Waals surface area (Å²) in [5.41, 5.74) is 0. The molecule has 23 heavy (non-hydrogen) atoms. The van der Waals surface area contributed by atoms with Gasteiger partial charge >= 0.3 is 0 Å². The summed E-state index contributed by atoms with van der Waals surface area (Å²) in [6, 6.07) is 9.75. The molecule has 0 aliphatic carbocycles. The van der Waals surface area contributed by atoms with Crippen LogP contribution in [0.3, 0.4) is 0 Å². The van der Waals surface area contributed by atoms with Crippen molar-refractivity contribution in [3.8, 4) is 5.75 Å². The molecule has 7 heteroatoms. The Labute approximate surface area is 139 Å². The fourth-order valence-corrected chi connectivity index (χ4v) is 3.01. The highest BCUT2D eigenvalue weighted by Crippen LogP contribution is 2.19. The number of carbonyl (C=O) groups excluding carboxylic acids is 1. The Kier molecular flexibility index (Phi) is 5.52. The summed E-state index contributed by atoms with van der Waals surface area (Å²) in [6.07, 6.45) is 2.43. The Morgan fingerprint density at radius 3 is 2.91 bits per heavy atom. The number of nitrogens with zero attached hydrogens (tertiary/aromatic N) is 3. The van der Waals surface area contributed by atoms with Crippen LogP contribution in [-0.4, -0.2) is 39.9 Å². The molecule has 1 aliphatic rings. The van der Waals surface area contributed by atoms with Crippen molar-refractivity contribution in [1.82, 2.24) is 15.1 Å². The quantitative estimate of drug-likeness (QED) is 0.546. The number of hydrogen-bond acceptors (Lipinski definition) is 6. The van der Waals surface area contributed by atoms with Crippen molar-refractivity contribution in [2.75, 3.05) is 18.9 Å². The van der Waals surface area contributed by atoms with Crippen molar-refractivity contribution in [3.63, 3.8) is 0 Å². The molecule has 1 fully saturated rings. The molecule has 1 saturated heterocycles. The number of aromatic nitrogens is 2. The third-order valence-electron chi connectivity index (χ3n) is 3.47. The van der Waals surface area contributed by atoms with Crippen molar-refractivity contribution in [3.05, 3.63) is 36.2 Å². The van der Waals surface area contributed by atoms with Gasteiger partial charge in [-0.15, -0.1) is 10.2 Å². The van der Waals surface area contributed by atoms with Crippen LogP contribution in [0.1, 0.15) is 25.2 Å². The number of benzene rings is 1. The molecule has 1 aliphatic heterocycles. The molecule has 1 amide bonds. The second kappa shape index (κ2) is 8.01. The number of likely N-dealkylation sites (tertiary alicyclic amines) is 1. The van der Waals surface area contributed by atoms with Crippen LogP contribution in [0.2, 0.25) is 0 Å². The maximum atomic E-state index is 11.6. The fraction of sp³-hybridized carbons (Fsp3) is 0.438. The Balaban J connectivity index is 1.35. The molecule has 6 nitrogen and oxygen atoms in total. The number of carbonyl (C=O) groups is 1. The summed E-state index contributed by atoms with van der Waals surface area (Å²) < 4.78 is 11.2. The van der Waals surface area contributed by atoms with Gasteiger partial charge in [0.1, 0.15) is 5.75 Å². The van der Waals surface area contributed by atoms with E-state index in [1.807, 2.05) is 30.3 Å². The number of para-hydroxylation sites is 1. The SMILES string of the molecule is O=C1CCCN1Cc1nnc(SCCCOc2ccccc2)o1. The van der Waals surface area contributed by atoms with Crippen molar-refractivity contribution < 1.29 is 13.9 Å². The standard InChI is InChI=1S/C16H19N3O3S/c20-15-8-4-9-19(15)12-14-17-18-16(22-14)23-11-5-10-21-13-6-2-1-3-7-13/h1-3,6-7H,4-5,8-12H2. The maximum absolute atomic E-state index is 11.6. The van der Waals surface area contributed by atoms with Gasteiger partial charge in [-0.25, -0.2) is 0 Å². The summed E-state index contributed by atoms with van der Waals surface area (Å²) >= 11 is 1.51. The minimum Gasteiger partial charge on any atom is -0.494 e. The number of thioether (sulfide) groups is 1. The Hall–Kier alpha value is -2.02. The highest BCUT2D eigenvalue weighted by molar-refractivity contribution is 7.99. The molecule has 122 valence electrons. The summed E-state index contributed by atoms with van der Waals surface area (Å²) in [5.74, 6) is 2.39. The minimum atomic E-state index is 0.162. The molecule has 0 atom stereocenters. The van der Waals surface area contributed by atoms with E-state index in [2.05, 4.69) is 10.2 Å². The van der Waals surface area contributed by atoms with E-state index in [1.165, 1.54) is 11.8 Å². The molecule has 0 spiro atoms. The average molecular weight is 333 g/mol. The molecule has 2 heterocycles. The van der Waals surface area contributed by atoms with Crippen LogP contribution in [0.4, 0.5) is 0 Å². The maximum Gasteiger partial charge on any atom is 0.276 e. The topological polar surface area (TPSA) is 68.5 Å². The van der Waals surface area contributed by atoms with Crippen LogP contribution in [0.25, 0.3) is 0 Å². The molecular formula is C16H19N3O3S. The van der Waals surface area contributed by atoms with E-state index in [0.717, 1.165) is 30.9 Å². The van der Waals surface area contributed by atoms with Crippen LogP contribution >= 0.6 is 11.8 Å². The number of ether oxygens (including phenoxy) is 1. The second-order valence-electron chi connectivity index (χ2n) is 5.24. The molecule has 1 aromatic heterocycles. The molecule has 0 unspecified atom stereocenters. The molecule has 0 radical (unpaired) electrons. The van der Waals surface area contributed by atoms with Crippen LogP contribution in [0.5, 0.6) is 5.75 Å². The van der Waals surface area contributed by atoms with Gasteiger partial charge in [0.05, 0.1) is 13.2 Å². The lowest BCUT2D eigenvalue weighted by molar-refractivity contribution is -0.128. The lowest BCUT2D eigenvalue weighted by Gasteiger charge is -2.11. The number of hydrogen-bond donors (Lipinski definition) is 0. The van der Waals surface area contributed by atoms with Gasteiger partial charge in [-0.1, -0.05) is 30.0 Å². The average Bonchev–Trinajstić information content (AvgIpc) is 3.18. The normalized spacial score (nSPS) is 14.4. The largest absolute Gasteiger partial charge is 0.494 e. The fourth-order valence-electron chi connectivity index (χ4n) is 2.32. The van der Waals surface area contributed by atoms with E-state index >= 15 is 0 Å². The monoisotopic (exact) mass is 333 g/mol. The first-order valence-electron chi connectivity index (χ1n) is 7.72. The van der Waals surface area contributed by atoms with E-state index in [1.54, 1.807) is 4.90 Å². The zero-order valence-electron chi connectivity index (χ0n) is 12.8. The van der Waals surface area contributed by atoms with Crippen molar-refractivity contribution in [2.24, 2.45) is 0 Å². The first-order valence-corrected chi connectivity index (χ1v) is 8.70. The van der Waals surface area contributed by atoms with Crippen molar-refractivity contribution >= 4 is 17.7 Å². The third kappa shape index (κ3) is 4.72. The zero-order valence-corrected chi connectivity index (χ0v) is 13.6. The lowest BCUT2D eigenvalue weighted by Crippen LogP contribution is -2.23. The van der Waals surface area contributed by atoms with E-state index in [9.17, 15) is 4.79 Å². The van der Waals surface area contributed by atoms with Crippen LogP contribution in [-0.2, 0) is 11.3 Å². The van der Waals surface area contributed by atoms with E-state index < -0.39 is 0 Å². The van der Waals surface area contributed by atoms with E-state index in [-0.39, 0.29) is 5.91 Å². The van der Waals surface area contributed by atoms with E-state index in [4.69, 9.17) is 9.15 Å². The van der Waals surface area contributed by atoms with Gasteiger partial charge in [0.15, 0.2) is 0 Å². The smallest absolute Gasteiger partial charge is 0.276 e. The number of rotatable bonds is 8. The predicted molar refractivity (Wildman–Crippen MR) is 86.2 cm³/mol. The first-order chi connectivity index (χ1) is 11.3.